The van der Waals surface area contributed by atoms with E-state index in [2.05, 4.69) is 6.92 Å². The van der Waals surface area contributed by atoms with Gasteiger partial charge < -0.3 is 15.0 Å². The zero-order valence-electron chi connectivity index (χ0n) is 9.52. The van der Waals surface area contributed by atoms with Crippen LogP contribution in [0.4, 0.5) is 0 Å². The summed E-state index contributed by atoms with van der Waals surface area (Å²) in [6.07, 6.45) is 1.48. The minimum atomic E-state index is -0.664. The van der Waals surface area contributed by atoms with E-state index >= 15 is 0 Å². The highest BCUT2D eigenvalue weighted by molar-refractivity contribution is 5.59. The van der Waals surface area contributed by atoms with Crippen molar-refractivity contribution in [3.05, 3.63) is 0 Å². The average Bonchev–Trinajstić information content (AvgIpc) is 2.46. The molecule has 0 radical (unpaired) electrons. The second-order valence-corrected chi connectivity index (χ2v) is 4.85. The minimum Gasteiger partial charge on any atom is -0.389 e. The monoisotopic (exact) mass is 215 g/mol. The molecule has 0 aromatic carbocycles. The smallest absolute Gasteiger partial charge is 0.127 e. The Balaban J connectivity index is 2.49. The SMILES string of the molecule is CCCC(C)(C=O)CN1CC(O)C(O)C1. The molecule has 0 aliphatic carbocycles. The van der Waals surface area contributed by atoms with Crippen LogP contribution in [-0.2, 0) is 4.79 Å². The molecule has 88 valence electrons. The minimum absolute atomic E-state index is 0.349. The molecule has 0 spiro atoms. The van der Waals surface area contributed by atoms with E-state index in [1.165, 1.54) is 0 Å². The molecule has 1 rings (SSSR count). The van der Waals surface area contributed by atoms with Crippen LogP contribution in [0, 0.1) is 5.41 Å². The van der Waals surface area contributed by atoms with Gasteiger partial charge in [-0.25, -0.2) is 0 Å². The molecule has 3 atom stereocenters. The topological polar surface area (TPSA) is 60.8 Å². The lowest BCUT2D eigenvalue weighted by atomic mass is 9.87. The zero-order chi connectivity index (χ0) is 11.5. The summed E-state index contributed by atoms with van der Waals surface area (Å²) in [5.41, 5.74) is -0.349. The lowest BCUT2D eigenvalue weighted by molar-refractivity contribution is -0.116. The van der Waals surface area contributed by atoms with Gasteiger partial charge in [-0.1, -0.05) is 20.3 Å². The van der Waals surface area contributed by atoms with E-state index in [9.17, 15) is 15.0 Å². The highest BCUT2D eigenvalue weighted by atomic mass is 16.3. The fraction of sp³-hybridized carbons (Fsp3) is 0.909. The largest absolute Gasteiger partial charge is 0.389 e. The van der Waals surface area contributed by atoms with E-state index in [-0.39, 0.29) is 5.41 Å². The van der Waals surface area contributed by atoms with Gasteiger partial charge in [-0.2, -0.15) is 0 Å². The second-order valence-electron chi connectivity index (χ2n) is 4.85. The molecule has 4 heteroatoms. The van der Waals surface area contributed by atoms with E-state index in [0.717, 1.165) is 19.1 Å². The van der Waals surface area contributed by atoms with E-state index in [4.69, 9.17) is 0 Å². The standard InChI is InChI=1S/C11H21NO3/c1-3-4-11(2,8-13)7-12-5-9(14)10(15)6-12/h8-10,14-15H,3-7H2,1-2H3. The number of aldehydes is 1. The maximum Gasteiger partial charge on any atom is 0.127 e. The Kier molecular flexibility index (Phi) is 4.25. The van der Waals surface area contributed by atoms with Crippen LogP contribution in [0.5, 0.6) is 0 Å². The highest BCUT2D eigenvalue weighted by Gasteiger charge is 2.34. The van der Waals surface area contributed by atoms with Crippen molar-refractivity contribution in [1.82, 2.24) is 4.90 Å². The molecule has 0 bridgehead atoms. The fourth-order valence-corrected chi connectivity index (χ4v) is 2.23. The second kappa shape index (κ2) is 5.05. The van der Waals surface area contributed by atoms with Crippen LogP contribution in [-0.4, -0.2) is 53.2 Å². The molecule has 1 aliphatic heterocycles. The van der Waals surface area contributed by atoms with Crippen LogP contribution in [0.3, 0.4) is 0 Å². The van der Waals surface area contributed by atoms with Crippen molar-refractivity contribution in [3.63, 3.8) is 0 Å². The predicted octanol–water partition coefficient (Wildman–Crippen LogP) is 0.0291. The van der Waals surface area contributed by atoms with Gasteiger partial charge in [0.2, 0.25) is 0 Å². The molecule has 0 amide bonds. The van der Waals surface area contributed by atoms with Crippen molar-refractivity contribution in [1.29, 1.82) is 0 Å². The van der Waals surface area contributed by atoms with E-state index in [1.807, 2.05) is 11.8 Å². The first kappa shape index (κ1) is 12.6. The number of likely N-dealkylation sites (tertiary alicyclic amines) is 1. The summed E-state index contributed by atoms with van der Waals surface area (Å²) < 4.78 is 0. The molecular weight excluding hydrogens is 194 g/mol. The van der Waals surface area contributed by atoms with Gasteiger partial charge in [-0.3, -0.25) is 4.90 Å². The fourth-order valence-electron chi connectivity index (χ4n) is 2.23. The Hall–Kier alpha value is -0.450. The van der Waals surface area contributed by atoms with Gasteiger partial charge in [0.1, 0.15) is 6.29 Å². The van der Waals surface area contributed by atoms with E-state index in [0.29, 0.717) is 19.6 Å². The number of nitrogens with zero attached hydrogens (tertiary/aromatic N) is 1. The molecule has 0 aromatic heterocycles. The van der Waals surface area contributed by atoms with Gasteiger partial charge in [-0.15, -0.1) is 0 Å². The van der Waals surface area contributed by atoms with Crippen molar-refractivity contribution >= 4 is 6.29 Å². The van der Waals surface area contributed by atoms with Crippen LogP contribution in [0.15, 0.2) is 0 Å². The molecule has 3 unspecified atom stereocenters. The Morgan fingerprint density at radius 2 is 1.93 bits per heavy atom. The summed E-state index contributed by atoms with van der Waals surface area (Å²) in [5, 5.41) is 18.8. The molecule has 4 nitrogen and oxygen atoms in total. The third kappa shape index (κ3) is 3.26. The van der Waals surface area contributed by atoms with Gasteiger partial charge in [0.15, 0.2) is 0 Å². The third-order valence-corrected chi connectivity index (χ3v) is 3.03. The molecule has 0 saturated carbocycles. The Morgan fingerprint density at radius 3 is 2.33 bits per heavy atom. The first-order valence-corrected chi connectivity index (χ1v) is 5.55. The van der Waals surface area contributed by atoms with E-state index in [1.54, 1.807) is 0 Å². The van der Waals surface area contributed by atoms with Gasteiger partial charge in [0.25, 0.3) is 0 Å². The number of aliphatic hydroxyl groups is 2. The van der Waals surface area contributed by atoms with Gasteiger partial charge in [-0.05, 0) is 6.42 Å². The van der Waals surface area contributed by atoms with Gasteiger partial charge in [0.05, 0.1) is 12.2 Å². The summed E-state index contributed by atoms with van der Waals surface area (Å²) in [6, 6.07) is 0. The molecule has 1 saturated heterocycles. The summed E-state index contributed by atoms with van der Waals surface area (Å²) in [6.45, 7) is 5.54. The number of β-amino-alcohol motifs (C(OH)–C–C–N with tert-alkyl or cyclic N) is 2. The van der Waals surface area contributed by atoms with Crippen molar-refractivity contribution in [2.24, 2.45) is 5.41 Å². The van der Waals surface area contributed by atoms with Crippen LogP contribution in [0.25, 0.3) is 0 Å². The molecular formula is C11H21NO3. The first-order valence-electron chi connectivity index (χ1n) is 5.55. The normalized spacial score (nSPS) is 31.5. The quantitative estimate of drug-likeness (QED) is 0.635. The van der Waals surface area contributed by atoms with Crippen LogP contribution < -0.4 is 0 Å². The van der Waals surface area contributed by atoms with Crippen LogP contribution >= 0.6 is 0 Å². The Labute approximate surface area is 90.9 Å². The van der Waals surface area contributed by atoms with Gasteiger partial charge >= 0.3 is 0 Å². The molecule has 15 heavy (non-hydrogen) atoms. The van der Waals surface area contributed by atoms with Crippen molar-refractivity contribution < 1.29 is 15.0 Å². The molecule has 0 aromatic rings. The summed E-state index contributed by atoms with van der Waals surface area (Å²) in [4.78, 5) is 13.0. The van der Waals surface area contributed by atoms with Crippen LogP contribution in [0.1, 0.15) is 26.7 Å². The average molecular weight is 215 g/mol. The molecule has 1 heterocycles. The molecule has 1 fully saturated rings. The van der Waals surface area contributed by atoms with Crippen molar-refractivity contribution in [2.45, 2.75) is 38.9 Å². The maximum absolute atomic E-state index is 11.0. The summed E-state index contributed by atoms with van der Waals surface area (Å²) in [5.74, 6) is 0. The number of carbonyl (C=O) groups excluding carboxylic acids is 1. The number of rotatable bonds is 5. The number of hydrogen-bond donors (Lipinski definition) is 2. The number of aliphatic hydroxyl groups excluding tert-OH is 2. The third-order valence-electron chi connectivity index (χ3n) is 3.03. The van der Waals surface area contributed by atoms with Gasteiger partial charge in [0, 0.05) is 25.0 Å². The lowest BCUT2D eigenvalue weighted by Gasteiger charge is -2.28. The van der Waals surface area contributed by atoms with Crippen molar-refractivity contribution in [2.75, 3.05) is 19.6 Å². The number of carbonyl (C=O) groups is 1. The zero-order valence-corrected chi connectivity index (χ0v) is 9.52. The number of hydrogen-bond acceptors (Lipinski definition) is 4. The highest BCUT2D eigenvalue weighted by Crippen LogP contribution is 2.24. The lowest BCUT2D eigenvalue weighted by Crippen LogP contribution is -2.36. The summed E-state index contributed by atoms with van der Waals surface area (Å²) in [7, 11) is 0. The first-order chi connectivity index (χ1) is 7.00. The Morgan fingerprint density at radius 1 is 1.40 bits per heavy atom. The predicted molar refractivity (Wildman–Crippen MR) is 57.5 cm³/mol. The summed E-state index contributed by atoms with van der Waals surface area (Å²) >= 11 is 0. The van der Waals surface area contributed by atoms with E-state index < -0.39 is 12.2 Å². The van der Waals surface area contributed by atoms with Crippen LogP contribution in [0.2, 0.25) is 0 Å². The Bertz CT molecular complexity index is 212. The maximum atomic E-state index is 11.0. The van der Waals surface area contributed by atoms with Crippen molar-refractivity contribution in [3.8, 4) is 0 Å². The molecule has 1 aliphatic rings. The molecule has 2 N–H and O–H groups in total.